The first-order chi connectivity index (χ1) is 9.29. The average Bonchev–Trinajstić information content (AvgIpc) is 2.37. The van der Waals surface area contributed by atoms with Gasteiger partial charge in [0.2, 0.25) is 5.95 Å². The van der Waals surface area contributed by atoms with E-state index in [1.165, 1.54) is 4.90 Å². The molecule has 20 heavy (non-hydrogen) atoms. The Morgan fingerprint density at radius 3 is 2.40 bits per heavy atom. The summed E-state index contributed by atoms with van der Waals surface area (Å²) in [7, 11) is 0. The zero-order chi connectivity index (χ0) is 14.9. The van der Waals surface area contributed by atoms with Crippen molar-refractivity contribution in [2.75, 3.05) is 24.5 Å². The average molecular weight is 290 g/mol. The summed E-state index contributed by atoms with van der Waals surface area (Å²) in [5, 5.41) is 8.89. The molecule has 1 aliphatic rings. The quantitative estimate of drug-likeness (QED) is 0.852. The van der Waals surface area contributed by atoms with Crippen LogP contribution < -0.4 is 4.90 Å². The fourth-order valence-electron chi connectivity index (χ4n) is 2.04. The summed E-state index contributed by atoms with van der Waals surface area (Å²) in [4.78, 5) is 21.2. The molecule has 0 spiro atoms. The van der Waals surface area contributed by atoms with E-state index >= 15 is 0 Å². The van der Waals surface area contributed by atoms with Crippen LogP contribution in [0.15, 0.2) is 12.4 Å². The van der Waals surface area contributed by atoms with Gasteiger partial charge in [-0.15, -0.1) is 0 Å². The third-order valence-electron chi connectivity index (χ3n) is 3.12. The number of alkyl halides is 3. The second-order valence-corrected chi connectivity index (χ2v) is 4.54. The Kier molecular flexibility index (Phi) is 3.69. The molecule has 1 saturated heterocycles. The maximum atomic E-state index is 12.4. The van der Waals surface area contributed by atoms with Crippen molar-refractivity contribution >= 4 is 12.0 Å². The van der Waals surface area contributed by atoms with E-state index in [0.717, 1.165) is 12.4 Å². The second kappa shape index (κ2) is 5.14. The minimum absolute atomic E-state index is 0.176. The molecule has 1 N–H and O–H groups in total. The van der Waals surface area contributed by atoms with Crippen LogP contribution in [0.5, 0.6) is 0 Å². The van der Waals surface area contributed by atoms with E-state index in [9.17, 15) is 18.0 Å². The van der Waals surface area contributed by atoms with Gasteiger partial charge >= 0.3 is 12.3 Å². The molecule has 9 heteroatoms. The van der Waals surface area contributed by atoms with Crippen molar-refractivity contribution in [3.8, 4) is 0 Å². The maximum Gasteiger partial charge on any atom is 0.419 e. The molecule has 0 unspecified atom stereocenters. The fourth-order valence-corrected chi connectivity index (χ4v) is 2.04. The molecule has 1 atom stereocenters. The maximum absolute atomic E-state index is 12.4. The van der Waals surface area contributed by atoms with Gasteiger partial charge in [0.15, 0.2) is 0 Å². The zero-order valence-electron chi connectivity index (χ0n) is 10.6. The van der Waals surface area contributed by atoms with Gasteiger partial charge in [0.25, 0.3) is 0 Å². The van der Waals surface area contributed by atoms with Gasteiger partial charge in [-0.2, -0.15) is 13.2 Å². The molecule has 0 aromatic carbocycles. The van der Waals surface area contributed by atoms with Crippen LogP contribution in [-0.4, -0.2) is 51.7 Å². The Morgan fingerprint density at radius 1 is 1.35 bits per heavy atom. The molecule has 0 aliphatic carbocycles. The summed E-state index contributed by atoms with van der Waals surface area (Å²) in [6, 6.07) is -0.198. The number of piperazine rings is 1. The molecule has 0 saturated carbocycles. The first kappa shape index (κ1) is 14.4. The van der Waals surface area contributed by atoms with Gasteiger partial charge in [-0.25, -0.2) is 14.8 Å². The van der Waals surface area contributed by atoms with Gasteiger partial charge in [-0.1, -0.05) is 0 Å². The van der Waals surface area contributed by atoms with Gasteiger partial charge in [0.05, 0.1) is 5.56 Å². The molecule has 1 fully saturated rings. The number of hydrogen-bond donors (Lipinski definition) is 1. The summed E-state index contributed by atoms with van der Waals surface area (Å²) < 4.78 is 37.2. The first-order valence-corrected chi connectivity index (χ1v) is 5.93. The molecule has 2 rings (SSSR count). The Labute approximate surface area is 112 Å². The number of halogens is 3. The molecule has 1 amide bonds. The predicted molar refractivity (Wildman–Crippen MR) is 63.4 cm³/mol. The molecule has 2 heterocycles. The monoisotopic (exact) mass is 290 g/mol. The summed E-state index contributed by atoms with van der Waals surface area (Å²) >= 11 is 0. The Bertz CT molecular complexity index is 491. The lowest BCUT2D eigenvalue weighted by molar-refractivity contribution is -0.138. The van der Waals surface area contributed by atoms with Crippen LogP contribution in [0, 0.1) is 0 Å². The highest BCUT2D eigenvalue weighted by atomic mass is 19.4. The van der Waals surface area contributed by atoms with E-state index < -0.39 is 17.8 Å². The number of carbonyl (C=O) groups is 1. The lowest BCUT2D eigenvalue weighted by Gasteiger charge is -2.38. The van der Waals surface area contributed by atoms with E-state index in [1.54, 1.807) is 11.8 Å². The standard InChI is InChI=1S/C11H13F3N4O2/c1-7-6-17(10(19)20)2-3-18(7)9-15-4-8(5-16-9)11(12,13)14/h4-5,7H,2-3,6H2,1H3,(H,19,20)/t7-/m0/s1. The molecular formula is C11H13F3N4O2. The molecule has 1 aromatic rings. The van der Waals surface area contributed by atoms with Crippen molar-refractivity contribution in [3.63, 3.8) is 0 Å². The molecular weight excluding hydrogens is 277 g/mol. The third-order valence-corrected chi connectivity index (χ3v) is 3.12. The van der Waals surface area contributed by atoms with Crippen LogP contribution in [0.3, 0.4) is 0 Å². The van der Waals surface area contributed by atoms with Crippen molar-refractivity contribution in [2.24, 2.45) is 0 Å². The van der Waals surface area contributed by atoms with Crippen molar-refractivity contribution in [1.82, 2.24) is 14.9 Å². The van der Waals surface area contributed by atoms with Crippen LogP contribution in [0.1, 0.15) is 12.5 Å². The molecule has 1 aliphatic heterocycles. The van der Waals surface area contributed by atoms with Gasteiger partial charge in [-0.3, -0.25) is 0 Å². The molecule has 1 aromatic heterocycles. The normalized spacial score (nSPS) is 20.1. The number of hydrogen-bond acceptors (Lipinski definition) is 4. The Morgan fingerprint density at radius 2 is 1.95 bits per heavy atom. The lowest BCUT2D eigenvalue weighted by Crippen LogP contribution is -2.54. The van der Waals surface area contributed by atoms with Crippen LogP contribution in [0.25, 0.3) is 0 Å². The first-order valence-electron chi connectivity index (χ1n) is 5.93. The van der Waals surface area contributed by atoms with E-state index in [1.807, 2.05) is 0 Å². The number of rotatable bonds is 1. The Hall–Kier alpha value is -2.06. The lowest BCUT2D eigenvalue weighted by atomic mass is 10.2. The zero-order valence-corrected chi connectivity index (χ0v) is 10.6. The van der Waals surface area contributed by atoms with E-state index in [-0.39, 0.29) is 25.1 Å². The van der Waals surface area contributed by atoms with Crippen molar-refractivity contribution < 1.29 is 23.1 Å². The van der Waals surface area contributed by atoms with Crippen LogP contribution in [0.2, 0.25) is 0 Å². The van der Waals surface area contributed by atoms with E-state index in [4.69, 9.17) is 5.11 Å². The Balaban J connectivity index is 2.11. The van der Waals surface area contributed by atoms with Crippen LogP contribution >= 0.6 is 0 Å². The van der Waals surface area contributed by atoms with Gasteiger partial charge in [-0.05, 0) is 6.92 Å². The van der Waals surface area contributed by atoms with Crippen molar-refractivity contribution in [2.45, 2.75) is 19.1 Å². The molecule has 0 radical (unpaired) electrons. The minimum atomic E-state index is -4.47. The highest BCUT2D eigenvalue weighted by Gasteiger charge is 2.32. The highest BCUT2D eigenvalue weighted by Crippen LogP contribution is 2.28. The van der Waals surface area contributed by atoms with Gasteiger partial charge in [0.1, 0.15) is 0 Å². The number of anilines is 1. The topological polar surface area (TPSA) is 69.6 Å². The van der Waals surface area contributed by atoms with Crippen LogP contribution in [-0.2, 0) is 6.18 Å². The number of amides is 1. The summed E-state index contributed by atoms with van der Waals surface area (Å²) in [5.41, 5.74) is -0.905. The van der Waals surface area contributed by atoms with E-state index in [0.29, 0.717) is 6.54 Å². The summed E-state index contributed by atoms with van der Waals surface area (Å²) in [6.07, 6.45) is -4.01. The van der Waals surface area contributed by atoms with Crippen molar-refractivity contribution in [3.05, 3.63) is 18.0 Å². The number of nitrogens with zero attached hydrogens (tertiary/aromatic N) is 4. The van der Waals surface area contributed by atoms with Gasteiger partial charge < -0.3 is 14.9 Å². The summed E-state index contributed by atoms with van der Waals surface area (Å²) in [5.74, 6) is 0.176. The van der Waals surface area contributed by atoms with Crippen molar-refractivity contribution in [1.29, 1.82) is 0 Å². The third kappa shape index (κ3) is 2.91. The summed E-state index contributed by atoms with van der Waals surface area (Å²) in [6.45, 7) is 2.65. The highest BCUT2D eigenvalue weighted by molar-refractivity contribution is 5.65. The fraction of sp³-hybridized carbons (Fsp3) is 0.545. The minimum Gasteiger partial charge on any atom is -0.465 e. The van der Waals surface area contributed by atoms with Gasteiger partial charge in [0, 0.05) is 38.1 Å². The second-order valence-electron chi connectivity index (χ2n) is 4.54. The number of aromatic nitrogens is 2. The SMILES string of the molecule is C[C@H]1CN(C(=O)O)CCN1c1ncc(C(F)(F)F)cn1. The van der Waals surface area contributed by atoms with E-state index in [2.05, 4.69) is 9.97 Å². The molecule has 6 nitrogen and oxygen atoms in total. The molecule has 110 valence electrons. The predicted octanol–water partition coefficient (Wildman–Crippen LogP) is 1.68. The molecule has 0 bridgehead atoms. The van der Waals surface area contributed by atoms with Crippen LogP contribution in [0.4, 0.5) is 23.9 Å². The smallest absolute Gasteiger partial charge is 0.419 e. The number of carboxylic acid groups (broad SMARTS) is 1. The largest absolute Gasteiger partial charge is 0.465 e.